The van der Waals surface area contributed by atoms with E-state index in [4.69, 9.17) is 10.2 Å². The number of benzene rings is 2. The molecule has 0 saturated heterocycles. The van der Waals surface area contributed by atoms with E-state index >= 15 is 0 Å². The maximum absolute atomic E-state index is 11.4. The van der Waals surface area contributed by atoms with Crippen LogP contribution >= 0.6 is 0 Å². The lowest BCUT2D eigenvalue weighted by atomic mass is 9.93. The van der Waals surface area contributed by atoms with E-state index in [0.29, 0.717) is 5.56 Å². The van der Waals surface area contributed by atoms with Crippen LogP contribution in [-0.4, -0.2) is 33.2 Å². The van der Waals surface area contributed by atoms with Crippen LogP contribution in [-0.2, 0) is 0 Å². The fourth-order valence-corrected chi connectivity index (χ4v) is 2.22. The predicted octanol–water partition coefficient (Wildman–Crippen LogP) is 2.76. The molecule has 0 aliphatic rings. The first-order valence-electron chi connectivity index (χ1n) is 6.26. The smallest absolute Gasteiger partial charge is 0.336 e. The van der Waals surface area contributed by atoms with Crippen LogP contribution in [0.2, 0.25) is 0 Å². The summed E-state index contributed by atoms with van der Waals surface area (Å²) < 4.78 is 0. The van der Waals surface area contributed by atoms with Crippen LogP contribution in [0.15, 0.2) is 36.4 Å². The molecule has 6 nitrogen and oxygen atoms in total. The Hall–Kier alpha value is -3.15. The number of carbonyl (C=O) groups is 3. The number of carboxylic acid groups (broad SMARTS) is 3. The van der Waals surface area contributed by atoms with Gasteiger partial charge in [-0.2, -0.15) is 0 Å². The quantitative estimate of drug-likeness (QED) is 0.800. The van der Waals surface area contributed by atoms with Gasteiger partial charge in [0.15, 0.2) is 0 Å². The SMILES string of the molecule is Cc1cccc(-c2cc(C(=O)O)cc(C(=O)O)c2)c1C(=O)O. The van der Waals surface area contributed by atoms with E-state index in [1.54, 1.807) is 19.1 Å². The van der Waals surface area contributed by atoms with Crippen LogP contribution in [0.3, 0.4) is 0 Å². The first-order valence-corrected chi connectivity index (χ1v) is 6.26. The Morgan fingerprint density at radius 3 is 1.82 bits per heavy atom. The fourth-order valence-electron chi connectivity index (χ4n) is 2.22. The third-order valence-corrected chi connectivity index (χ3v) is 3.22. The summed E-state index contributed by atoms with van der Waals surface area (Å²) in [5.74, 6) is -3.73. The summed E-state index contributed by atoms with van der Waals surface area (Å²) in [6.07, 6.45) is 0. The van der Waals surface area contributed by atoms with Gasteiger partial charge in [0, 0.05) is 0 Å². The first kappa shape index (κ1) is 15.2. The van der Waals surface area contributed by atoms with Crippen LogP contribution in [0.25, 0.3) is 11.1 Å². The summed E-state index contributed by atoms with van der Waals surface area (Å²) in [5.41, 5.74) is 0.598. The van der Waals surface area contributed by atoms with Gasteiger partial charge in [0.25, 0.3) is 0 Å². The molecule has 2 aromatic carbocycles. The molecule has 0 radical (unpaired) electrons. The van der Waals surface area contributed by atoms with E-state index in [-0.39, 0.29) is 27.8 Å². The highest BCUT2D eigenvalue weighted by atomic mass is 16.4. The molecule has 2 rings (SSSR count). The lowest BCUT2D eigenvalue weighted by molar-refractivity contribution is 0.0683. The Labute approximate surface area is 125 Å². The topological polar surface area (TPSA) is 112 Å². The molecule has 0 atom stereocenters. The van der Waals surface area contributed by atoms with Crippen molar-refractivity contribution >= 4 is 17.9 Å². The van der Waals surface area contributed by atoms with Crippen molar-refractivity contribution in [3.8, 4) is 11.1 Å². The van der Waals surface area contributed by atoms with Gasteiger partial charge >= 0.3 is 17.9 Å². The summed E-state index contributed by atoms with van der Waals surface area (Å²) in [6, 6.07) is 8.32. The van der Waals surface area contributed by atoms with Crippen molar-refractivity contribution in [2.45, 2.75) is 6.92 Å². The van der Waals surface area contributed by atoms with Crippen molar-refractivity contribution in [1.29, 1.82) is 0 Å². The Balaban J connectivity index is 2.78. The van der Waals surface area contributed by atoms with E-state index in [1.807, 2.05) is 0 Å². The number of aryl methyl sites for hydroxylation is 1. The normalized spacial score (nSPS) is 10.2. The molecule has 0 bridgehead atoms. The summed E-state index contributed by atoms with van der Waals surface area (Å²) in [5, 5.41) is 27.5. The second-order valence-electron chi connectivity index (χ2n) is 4.71. The summed E-state index contributed by atoms with van der Waals surface area (Å²) in [4.78, 5) is 33.7. The molecule has 2 aromatic rings. The van der Waals surface area contributed by atoms with Gasteiger partial charge in [0.05, 0.1) is 16.7 Å². The molecule has 0 fully saturated rings. The van der Waals surface area contributed by atoms with Crippen LogP contribution in [0.1, 0.15) is 36.6 Å². The van der Waals surface area contributed by atoms with Crippen LogP contribution in [0.4, 0.5) is 0 Å². The molecule has 0 amide bonds. The lowest BCUT2D eigenvalue weighted by Gasteiger charge is -2.11. The van der Waals surface area contributed by atoms with Crippen molar-refractivity contribution in [1.82, 2.24) is 0 Å². The van der Waals surface area contributed by atoms with Crippen LogP contribution in [0.5, 0.6) is 0 Å². The summed E-state index contributed by atoms with van der Waals surface area (Å²) >= 11 is 0. The fraction of sp³-hybridized carbons (Fsp3) is 0.0625. The monoisotopic (exact) mass is 300 g/mol. The molecule has 22 heavy (non-hydrogen) atoms. The molecular formula is C16H12O6. The molecule has 0 heterocycles. The van der Waals surface area contributed by atoms with Gasteiger partial charge in [-0.05, 0) is 41.8 Å². The van der Waals surface area contributed by atoms with Crippen molar-refractivity contribution in [3.05, 3.63) is 58.7 Å². The van der Waals surface area contributed by atoms with Gasteiger partial charge in [-0.25, -0.2) is 14.4 Å². The Bertz CT molecular complexity index is 759. The highest BCUT2D eigenvalue weighted by Gasteiger charge is 2.18. The molecule has 0 saturated carbocycles. The van der Waals surface area contributed by atoms with Gasteiger partial charge in [-0.1, -0.05) is 18.2 Å². The average molecular weight is 300 g/mol. The van der Waals surface area contributed by atoms with Crippen LogP contribution in [0, 0.1) is 6.92 Å². The van der Waals surface area contributed by atoms with E-state index in [2.05, 4.69) is 0 Å². The zero-order chi connectivity index (χ0) is 16.4. The summed E-state index contributed by atoms with van der Waals surface area (Å²) in [7, 11) is 0. The van der Waals surface area contributed by atoms with Gasteiger partial charge in [0.2, 0.25) is 0 Å². The highest BCUT2D eigenvalue weighted by Crippen LogP contribution is 2.28. The predicted molar refractivity (Wildman–Crippen MR) is 77.5 cm³/mol. The Morgan fingerprint density at radius 2 is 1.36 bits per heavy atom. The minimum Gasteiger partial charge on any atom is -0.478 e. The Kier molecular flexibility index (Phi) is 3.94. The number of hydrogen-bond donors (Lipinski definition) is 3. The minimum absolute atomic E-state index is 0.0152. The average Bonchev–Trinajstić information content (AvgIpc) is 2.45. The van der Waals surface area contributed by atoms with Gasteiger partial charge in [0.1, 0.15) is 0 Å². The molecule has 0 aliphatic heterocycles. The maximum Gasteiger partial charge on any atom is 0.336 e. The zero-order valence-electron chi connectivity index (χ0n) is 11.5. The molecular weight excluding hydrogens is 288 g/mol. The number of aromatic carboxylic acids is 3. The largest absolute Gasteiger partial charge is 0.478 e. The number of hydrogen-bond acceptors (Lipinski definition) is 3. The second kappa shape index (κ2) is 5.69. The van der Waals surface area contributed by atoms with Crippen LogP contribution < -0.4 is 0 Å². The zero-order valence-corrected chi connectivity index (χ0v) is 11.5. The van der Waals surface area contributed by atoms with Crippen molar-refractivity contribution in [3.63, 3.8) is 0 Å². The maximum atomic E-state index is 11.4. The molecule has 112 valence electrons. The lowest BCUT2D eigenvalue weighted by Crippen LogP contribution is -2.06. The molecule has 0 unspecified atom stereocenters. The second-order valence-corrected chi connectivity index (χ2v) is 4.71. The third kappa shape index (κ3) is 2.80. The van der Waals surface area contributed by atoms with E-state index < -0.39 is 17.9 Å². The Morgan fingerprint density at radius 1 is 0.818 bits per heavy atom. The highest BCUT2D eigenvalue weighted by molar-refractivity contribution is 6.00. The standard InChI is InChI=1S/C16H12O6/c1-8-3-2-4-12(13(8)16(21)22)9-5-10(14(17)18)7-11(6-9)15(19)20/h2-7H,1H3,(H,17,18)(H,19,20)(H,21,22). The molecule has 6 heteroatoms. The van der Waals surface area contributed by atoms with Gasteiger partial charge in [-0.15, -0.1) is 0 Å². The van der Waals surface area contributed by atoms with E-state index in [1.165, 1.54) is 18.2 Å². The third-order valence-electron chi connectivity index (χ3n) is 3.22. The molecule has 0 aliphatic carbocycles. The van der Waals surface area contributed by atoms with Gasteiger partial charge < -0.3 is 15.3 Å². The van der Waals surface area contributed by atoms with Crippen molar-refractivity contribution in [2.24, 2.45) is 0 Å². The van der Waals surface area contributed by atoms with Crippen molar-refractivity contribution in [2.75, 3.05) is 0 Å². The number of carboxylic acids is 3. The molecule has 0 aromatic heterocycles. The van der Waals surface area contributed by atoms with E-state index in [9.17, 15) is 19.5 Å². The van der Waals surface area contributed by atoms with Crippen molar-refractivity contribution < 1.29 is 29.7 Å². The minimum atomic E-state index is -1.28. The van der Waals surface area contributed by atoms with Gasteiger partial charge in [-0.3, -0.25) is 0 Å². The first-order chi connectivity index (χ1) is 10.3. The summed E-state index contributed by atoms with van der Waals surface area (Å²) in [6.45, 7) is 1.62. The number of rotatable bonds is 4. The molecule has 3 N–H and O–H groups in total. The van der Waals surface area contributed by atoms with E-state index in [0.717, 1.165) is 6.07 Å². The molecule has 0 spiro atoms.